The van der Waals surface area contributed by atoms with E-state index in [1.54, 1.807) is 18.2 Å². The lowest BCUT2D eigenvalue weighted by Crippen LogP contribution is -2.07. The van der Waals surface area contributed by atoms with Gasteiger partial charge in [0.05, 0.1) is 15.8 Å². The van der Waals surface area contributed by atoms with Gasteiger partial charge < -0.3 is 5.11 Å². The third-order valence-corrected chi connectivity index (χ3v) is 4.50. The van der Waals surface area contributed by atoms with E-state index >= 15 is 0 Å². The van der Waals surface area contributed by atoms with E-state index in [0.29, 0.717) is 21.0 Å². The van der Waals surface area contributed by atoms with Gasteiger partial charge in [0.2, 0.25) is 0 Å². The first-order chi connectivity index (χ1) is 11.2. The molecule has 8 heteroatoms. The number of nitrogens with zero attached hydrogens (tertiary/aromatic N) is 1. The van der Waals surface area contributed by atoms with Crippen molar-refractivity contribution >= 4 is 33.3 Å². The highest BCUT2D eigenvalue weighted by Crippen LogP contribution is 2.36. The molecule has 0 saturated carbocycles. The number of benzene rings is 2. The van der Waals surface area contributed by atoms with E-state index in [4.69, 9.17) is 5.11 Å². The molecule has 1 amide bonds. The largest absolute Gasteiger partial charge is 0.465 e. The number of fused-ring (bicyclic) bond motifs is 1. The van der Waals surface area contributed by atoms with Gasteiger partial charge in [-0.3, -0.25) is 5.32 Å². The molecule has 2 N–H and O–H groups in total. The molecule has 0 saturated heterocycles. The SMILES string of the molecule is Cc1ccc(NC(=O)O)cc1-c1nc2cc(C(F)(F)F)ccc2s1. The summed E-state index contributed by atoms with van der Waals surface area (Å²) in [5.41, 5.74) is 1.42. The maximum atomic E-state index is 12.8. The highest BCUT2D eigenvalue weighted by Gasteiger charge is 2.30. The molecule has 0 atom stereocenters. The summed E-state index contributed by atoms with van der Waals surface area (Å²) in [5, 5.41) is 11.6. The number of halogens is 3. The third-order valence-electron chi connectivity index (χ3n) is 3.43. The minimum atomic E-state index is -4.42. The van der Waals surface area contributed by atoms with Crippen LogP contribution in [0.2, 0.25) is 0 Å². The molecule has 2 aromatic carbocycles. The minimum absolute atomic E-state index is 0.265. The summed E-state index contributed by atoms with van der Waals surface area (Å²) in [5.74, 6) is 0. The number of aromatic nitrogens is 1. The molecule has 24 heavy (non-hydrogen) atoms. The fourth-order valence-electron chi connectivity index (χ4n) is 2.27. The predicted molar refractivity (Wildman–Crippen MR) is 86.4 cm³/mol. The molecule has 0 aliphatic carbocycles. The summed E-state index contributed by atoms with van der Waals surface area (Å²) in [6.07, 6.45) is -5.61. The Balaban J connectivity index is 2.08. The van der Waals surface area contributed by atoms with Gasteiger partial charge in [-0.1, -0.05) is 6.07 Å². The Labute approximate surface area is 138 Å². The molecule has 124 valence electrons. The molecular weight excluding hydrogens is 341 g/mol. The molecule has 1 heterocycles. The number of hydrogen-bond acceptors (Lipinski definition) is 3. The average Bonchev–Trinajstić information content (AvgIpc) is 2.90. The van der Waals surface area contributed by atoms with Gasteiger partial charge in [-0.15, -0.1) is 11.3 Å². The summed E-state index contributed by atoms with van der Waals surface area (Å²) in [6.45, 7) is 1.83. The normalized spacial score (nSPS) is 11.7. The second-order valence-corrected chi connectivity index (χ2v) is 6.19. The van der Waals surface area contributed by atoms with Crippen LogP contribution in [0.4, 0.5) is 23.7 Å². The van der Waals surface area contributed by atoms with Crippen molar-refractivity contribution in [2.24, 2.45) is 0 Å². The molecule has 1 aromatic heterocycles. The van der Waals surface area contributed by atoms with Crippen LogP contribution in [-0.4, -0.2) is 16.2 Å². The standard InChI is InChI=1S/C16H11F3N2O2S/c1-8-2-4-10(20-15(22)23)7-11(8)14-21-12-6-9(16(17,18)19)3-5-13(12)24-14/h2-7,20H,1H3,(H,22,23). The highest BCUT2D eigenvalue weighted by molar-refractivity contribution is 7.21. The molecular formula is C16H11F3N2O2S. The summed E-state index contributed by atoms with van der Waals surface area (Å²) in [6, 6.07) is 8.40. The number of aryl methyl sites for hydroxylation is 1. The molecule has 0 spiro atoms. The van der Waals surface area contributed by atoms with Gasteiger partial charge in [0.25, 0.3) is 0 Å². The van der Waals surface area contributed by atoms with E-state index in [1.165, 1.54) is 17.4 Å². The second kappa shape index (κ2) is 5.79. The van der Waals surface area contributed by atoms with Crippen LogP contribution in [0.25, 0.3) is 20.8 Å². The van der Waals surface area contributed by atoms with E-state index in [-0.39, 0.29) is 5.52 Å². The number of amides is 1. The minimum Gasteiger partial charge on any atom is -0.465 e. The summed E-state index contributed by atoms with van der Waals surface area (Å²) < 4.78 is 39.0. The van der Waals surface area contributed by atoms with Crippen LogP contribution in [0.15, 0.2) is 36.4 Å². The smallest absolute Gasteiger partial charge is 0.416 e. The van der Waals surface area contributed by atoms with Crippen molar-refractivity contribution in [3.8, 4) is 10.6 Å². The van der Waals surface area contributed by atoms with Gasteiger partial charge in [-0.2, -0.15) is 13.2 Å². The summed E-state index contributed by atoms with van der Waals surface area (Å²) >= 11 is 1.26. The van der Waals surface area contributed by atoms with Crippen LogP contribution in [0.5, 0.6) is 0 Å². The van der Waals surface area contributed by atoms with Gasteiger partial charge in [0.1, 0.15) is 5.01 Å². The zero-order chi connectivity index (χ0) is 17.5. The van der Waals surface area contributed by atoms with Crippen molar-refractivity contribution in [2.45, 2.75) is 13.1 Å². The number of thiazole rings is 1. The zero-order valence-electron chi connectivity index (χ0n) is 12.3. The zero-order valence-corrected chi connectivity index (χ0v) is 13.1. The third kappa shape index (κ3) is 3.18. The molecule has 0 aliphatic rings. The molecule has 0 bridgehead atoms. The Hall–Kier alpha value is -2.61. The number of carboxylic acid groups (broad SMARTS) is 1. The molecule has 0 radical (unpaired) electrons. The monoisotopic (exact) mass is 352 g/mol. The highest BCUT2D eigenvalue weighted by atomic mass is 32.1. The Bertz CT molecular complexity index is 935. The van der Waals surface area contributed by atoms with Crippen molar-refractivity contribution in [1.29, 1.82) is 0 Å². The molecule has 0 unspecified atom stereocenters. The van der Waals surface area contributed by atoms with Crippen molar-refractivity contribution in [2.75, 3.05) is 5.32 Å². The van der Waals surface area contributed by atoms with Gasteiger partial charge in [-0.25, -0.2) is 9.78 Å². The van der Waals surface area contributed by atoms with Crippen LogP contribution in [-0.2, 0) is 6.18 Å². The van der Waals surface area contributed by atoms with Gasteiger partial charge >= 0.3 is 12.3 Å². The Morgan fingerprint density at radius 2 is 1.96 bits per heavy atom. The Kier molecular flexibility index (Phi) is 3.92. The fraction of sp³-hybridized carbons (Fsp3) is 0.125. The van der Waals surface area contributed by atoms with E-state index in [9.17, 15) is 18.0 Å². The first kappa shape index (κ1) is 16.3. The van der Waals surface area contributed by atoms with Gasteiger partial charge in [0.15, 0.2) is 0 Å². The maximum absolute atomic E-state index is 12.8. The van der Waals surface area contributed by atoms with Gasteiger partial charge in [0, 0.05) is 11.3 Å². The average molecular weight is 352 g/mol. The summed E-state index contributed by atoms with van der Waals surface area (Å²) in [7, 11) is 0. The first-order valence-electron chi connectivity index (χ1n) is 6.83. The van der Waals surface area contributed by atoms with E-state index < -0.39 is 17.8 Å². The lowest BCUT2D eigenvalue weighted by atomic mass is 10.1. The van der Waals surface area contributed by atoms with Crippen molar-refractivity contribution in [3.05, 3.63) is 47.5 Å². The number of anilines is 1. The number of alkyl halides is 3. The van der Waals surface area contributed by atoms with Crippen LogP contribution in [0, 0.1) is 6.92 Å². The van der Waals surface area contributed by atoms with Crippen LogP contribution in [0.3, 0.4) is 0 Å². The second-order valence-electron chi connectivity index (χ2n) is 5.16. The first-order valence-corrected chi connectivity index (χ1v) is 7.64. The lowest BCUT2D eigenvalue weighted by molar-refractivity contribution is -0.137. The molecule has 3 aromatic rings. The number of nitrogens with one attached hydrogen (secondary N) is 1. The molecule has 3 rings (SSSR count). The molecule has 0 aliphatic heterocycles. The number of carbonyl (C=O) groups is 1. The van der Waals surface area contributed by atoms with Crippen molar-refractivity contribution in [3.63, 3.8) is 0 Å². The van der Waals surface area contributed by atoms with Crippen LogP contribution >= 0.6 is 11.3 Å². The number of rotatable bonds is 2. The maximum Gasteiger partial charge on any atom is 0.416 e. The Morgan fingerprint density at radius 1 is 1.21 bits per heavy atom. The summed E-state index contributed by atoms with van der Waals surface area (Å²) in [4.78, 5) is 15.0. The van der Waals surface area contributed by atoms with E-state index in [0.717, 1.165) is 17.7 Å². The number of hydrogen-bond donors (Lipinski definition) is 2. The van der Waals surface area contributed by atoms with Crippen LogP contribution in [0.1, 0.15) is 11.1 Å². The fourth-order valence-corrected chi connectivity index (χ4v) is 3.30. The van der Waals surface area contributed by atoms with Gasteiger partial charge in [-0.05, 0) is 42.8 Å². The predicted octanol–water partition coefficient (Wildman–Crippen LogP) is 5.38. The Morgan fingerprint density at radius 3 is 2.62 bits per heavy atom. The van der Waals surface area contributed by atoms with E-state index in [1.807, 2.05) is 6.92 Å². The van der Waals surface area contributed by atoms with Crippen molar-refractivity contribution < 1.29 is 23.1 Å². The van der Waals surface area contributed by atoms with Crippen LogP contribution < -0.4 is 5.32 Å². The van der Waals surface area contributed by atoms with Crippen molar-refractivity contribution in [1.82, 2.24) is 4.98 Å². The molecule has 4 nitrogen and oxygen atoms in total. The van der Waals surface area contributed by atoms with E-state index in [2.05, 4.69) is 10.3 Å². The quantitative estimate of drug-likeness (QED) is 0.651. The molecule has 0 fully saturated rings. The topological polar surface area (TPSA) is 62.2 Å². The lowest BCUT2D eigenvalue weighted by Gasteiger charge is -2.06.